The first-order valence-electron chi connectivity index (χ1n) is 6.16. The Balaban J connectivity index is 2.59. The number of ether oxygens (including phenoxy) is 1. The largest absolute Gasteiger partial charge is 0.379 e. The van der Waals surface area contributed by atoms with Crippen LogP contribution in [-0.4, -0.2) is 42.3 Å². The molecule has 1 heterocycles. The van der Waals surface area contributed by atoms with Gasteiger partial charge in [0.25, 0.3) is 5.56 Å². The van der Waals surface area contributed by atoms with E-state index in [2.05, 4.69) is 24.7 Å². The summed E-state index contributed by atoms with van der Waals surface area (Å²) >= 11 is 4.04. The molecular formula is C12H21N3O2S. The van der Waals surface area contributed by atoms with Gasteiger partial charge in [-0.05, 0) is 6.42 Å². The highest BCUT2D eigenvalue weighted by atomic mass is 32.1. The molecule has 1 rings (SSSR count). The van der Waals surface area contributed by atoms with E-state index in [0.29, 0.717) is 25.5 Å². The molecule has 102 valence electrons. The van der Waals surface area contributed by atoms with E-state index in [4.69, 9.17) is 4.74 Å². The lowest BCUT2D eigenvalue weighted by Gasteiger charge is -2.17. The summed E-state index contributed by atoms with van der Waals surface area (Å²) in [4.78, 5) is 13.8. The lowest BCUT2D eigenvalue weighted by atomic mass is 10.3. The second-order valence-corrected chi connectivity index (χ2v) is 4.48. The van der Waals surface area contributed by atoms with Gasteiger partial charge in [-0.1, -0.05) is 6.92 Å². The van der Waals surface area contributed by atoms with Gasteiger partial charge < -0.3 is 9.64 Å². The Morgan fingerprint density at radius 2 is 2.28 bits per heavy atom. The number of thiol groups is 1. The molecule has 6 heteroatoms. The van der Waals surface area contributed by atoms with E-state index in [9.17, 15) is 4.79 Å². The van der Waals surface area contributed by atoms with Crippen LogP contribution in [0.15, 0.2) is 17.1 Å². The van der Waals surface area contributed by atoms with Crippen LogP contribution in [0, 0.1) is 0 Å². The number of rotatable bonds is 8. The molecule has 0 N–H and O–H groups in total. The number of hydrogen-bond donors (Lipinski definition) is 1. The van der Waals surface area contributed by atoms with E-state index in [1.807, 2.05) is 11.9 Å². The number of anilines is 1. The summed E-state index contributed by atoms with van der Waals surface area (Å²) in [5, 5.41) is 4.14. The molecule has 18 heavy (non-hydrogen) atoms. The second-order valence-electron chi connectivity index (χ2n) is 4.03. The van der Waals surface area contributed by atoms with Crippen molar-refractivity contribution >= 4 is 18.3 Å². The molecule has 0 bridgehead atoms. The molecular weight excluding hydrogens is 250 g/mol. The van der Waals surface area contributed by atoms with E-state index >= 15 is 0 Å². The van der Waals surface area contributed by atoms with Crippen LogP contribution in [-0.2, 0) is 11.3 Å². The maximum Gasteiger partial charge on any atom is 0.268 e. The van der Waals surface area contributed by atoms with Crippen LogP contribution in [0.3, 0.4) is 0 Å². The lowest BCUT2D eigenvalue weighted by molar-refractivity contribution is 0.137. The maximum atomic E-state index is 11.8. The molecule has 5 nitrogen and oxygen atoms in total. The zero-order valence-electron chi connectivity index (χ0n) is 11.0. The quantitative estimate of drug-likeness (QED) is 0.567. The van der Waals surface area contributed by atoms with Crippen LogP contribution in [0.1, 0.15) is 13.3 Å². The van der Waals surface area contributed by atoms with Crippen molar-refractivity contribution in [1.29, 1.82) is 0 Å². The van der Waals surface area contributed by atoms with E-state index in [0.717, 1.165) is 18.7 Å². The molecule has 1 aromatic heterocycles. The van der Waals surface area contributed by atoms with Gasteiger partial charge in [0.2, 0.25) is 0 Å². The number of aromatic nitrogens is 2. The van der Waals surface area contributed by atoms with Gasteiger partial charge in [0.05, 0.1) is 31.6 Å². The van der Waals surface area contributed by atoms with Crippen molar-refractivity contribution in [3.8, 4) is 0 Å². The highest BCUT2D eigenvalue weighted by Gasteiger charge is 2.03. The van der Waals surface area contributed by atoms with Gasteiger partial charge in [-0.2, -0.15) is 17.7 Å². The molecule has 0 fully saturated rings. The van der Waals surface area contributed by atoms with Gasteiger partial charge in [-0.3, -0.25) is 4.79 Å². The predicted molar refractivity (Wildman–Crippen MR) is 76.7 cm³/mol. The average molecular weight is 271 g/mol. The van der Waals surface area contributed by atoms with Gasteiger partial charge in [-0.15, -0.1) is 0 Å². The van der Waals surface area contributed by atoms with Crippen molar-refractivity contribution in [2.45, 2.75) is 19.9 Å². The normalized spacial score (nSPS) is 10.6. The summed E-state index contributed by atoms with van der Waals surface area (Å²) in [5.41, 5.74) is 0.763. The summed E-state index contributed by atoms with van der Waals surface area (Å²) in [6, 6.07) is 1.61. The third-order valence-electron chi connectivity index (χ3n) is 2.54. The number of nitrogens with zero attached hydrogens (tertiary/aromatic N) is 3. The van der Waals surface area contributed by atoms with Crippen molar-refractivity contribution in [2.24, 2.45) is 0 Å². The van der Waals surface area contributed by atoms with Crippen molar-refractivity contribution in [1.82, 2.24) is 9.78 Å². The van der Waals surface area contributed by atoms with E-state index in [1.54, 1.807) is 12.3 Å². The smallest absolute Gasteiger partial charge is 0.268 e. The van der Waals surface area contributed by atoms with Gasteiger partial charge >= 0.3 is 0 Å². The maximum absolute atomic E-state index is 11.8. The fourth-order valence-electron chi connectivity index (χ4n) is 1.58. The Morgan fingerprint density at radius 3 is 2.89 bits per heavy atom. The SMILES string of the molecule is CCCN(C)c1cnn(CCOCCS)c(=O)c1. The number of hydrogen-bond acceptors (Lipinski definition) is 5. The first-order valence-corrected chi connectivity index (χ1v) is 6.79. The highest BCUT2D eigenvalue weighted by Crippen LogP contribution is 2.06. The third-order valence-corrected chi connectivity index (χ3v) is 2.72. The van der Waals surface area contributed by atoms with Gasteiger partial charge in [0.15, 0.2) is 0 Å². The lowest BCUT2D eigenvalue weighted by Crippen LogP contribution is -2.27. The van der Waals surface area contributed by atoms with E-state index in [-0.39, 0.29) is 5.56 Å². The average Bonchev–Trinajstić information content (AvgIpc) is 2.36. The van der Waals surface area contributed by atoms with Gasteiger partial charge in [0, 0.05) is 25.4 Å². The van der Waals surface area contributed by atoms with Crippen LogP contribution in [0.5, 0.6) is 0 Å². The predicted octanol–water partition coefficient (Wildman–Crippen LogP) is 1.04. The summed E-state index contributed by atoms with van der Waals surface area (Å²) in [6.45, 7) is 4.57. The second kappa shape index (κ2) is 8.16. The summed E-state index contributed by atoms with van der Waals surface area (Å²) < 4.78 is 6.69. The molecule has 0 aromatic carbocycles. The Labute approximate surface area is 113 Å². The molecule has 0 spiro atoms. The van der Waals surface area contributed by atoms with Gasteiger partial charge in [-0.25, -0.2) is 4.68 Å². The molecule has 1 aromatic rings. The molecule has 0 radical (unpaired) electrons. The van der Waals surface area contributed by atoms with E-state index in [1.165, 1.54) is 4.68 Å². The van der Waals surface area contributed by atoms with Crippen LogP contribution in [0.25, 0.3) is 0 Å². The molecule has 0 aliphatic rings. The standard InChI is InChI=1S/C12H21N3O2S/c1-3-4-14(2)11-9-12(16)15(13-10-11)5-6-17-7-8-18/h9-10,18H,3-8H2,1-2H3. The summed E-state index contributed by atoms with van der Waals surface area (Å²) in [5.74, 6) is 0.684. The van der Waals surface area contributed by atoms with Crippen LogP contribution < -0.4 is 10.5 Å². The summed E-state index contributed by atoms with van der Waals surface area (Å²) in [6.07, 6.45) is 2.76. The monoisotopic (exact) mass is 271 g/mol. The molecule has 0 atom stereocenters. The zero-order chi connectivity index (χ0) is 13.4. The Morgan fingerprint density at radius 1 is 1.50 bits per heavy atom. The van der Waals surface area contributed by atoms with Crippen molar-refractivity contribution in [2.75, 3.05) is 37.5 Å². The zero-order valence-corrected chi connectivity index (χ0v) is 11.9. The van der Waals surface area contributed by atoms with Gasteiger partial charge in [0.1, 0.15) is 0 Å². The first kappa shape index (κ1) is 15.0. The topological polar surface area (TPSA) is 47.4 Å². The fourth-order valence-corrected chi connectivity index (χ4v) is 1.71. The Bertz CT molecular complexity index is 409. The molecule has 0 saturated heterocycles. The minimum atomic E-state index is -0.0927. The molecule has 0 aliphatic carbocycles. The Kier molecular flexibility index (Phi) is 6.82. The molecule has 0 saturated carbocycles. The Hall–Kier alpha value is -1.01. The highest BCUT2D eigenvalue weighted by molar-refractivity contribution is 7.80. The van der Waals surface area contributed by atoms with Crippen molar-refractivity contribution in [3.63, 3.8) is 0 Å². The van der Waals surface area contributed by atoms with Crippen LogP contribution in [0.2, 0.25) is 0 Å². The van der Waals surface area contributed by atoms with Crippen molar-refractivity contribution in [3.05, 3.63) is 22.6 Å². The summed E-state index contributed by atoms with van der Waals surface area (Å²) in [7, 11) is 1.96. The van der Waals surface area contributed by atoms with E-state index < -0.39 is 0 Å². The minimum absolute atomic E-state index is 0.0927. The third kappa shape index (κ3) is 4.70. The van der Waals surface area contributed by atoms with Crippen LogP contribution >= 0.6 is 12.6 Å². The minimum Gasteiger partial charge on any atom is -0.379 e. The molecule has 0 unspecified atom stereocenters. The first-order chi connectivity index (χ1) is 8.69. The van der Waals surface area contributed by atoms with Crippen LogP contribution in [0.4, 0.5) is 5.69 Å². The van der Waals surface area contributed by atoms with Crippen molar-refractivity contribution < 1.29 is 4.74 Å². The molecule has 0 aliphatic heterocycles. The fraction of sp³-hybridized carbons (Fsp3) is 0.667. The molecule has 0 amide bonds.